The Hall–Kier alpha value is -1.25. The highest BCUT2D eigenvalue weighted by atomic mass is 16.7. The van der Waals surface area contributed by atoms with E-state index in [4.69, 9.17) is 0 Å². The summed E-state index contributed by atoms with van der Waals surface area (Å²) in [7, 11) is 0. The Balaban J connectivity index is 3.61. The van der Waals surface area contributed by atoms with Gasteiger partial charge in [-0.3, -0.25) is 0 Å². The molecule has 0 rings (SSSR count). The van der Waals surface area contributed by atoms with Crippen LogP contribution in [0.3, 0.4) is 0 Å². The van der Waals surface area contributed by atoms with Crippen molar-refractivity contribution in [1.82, 2.24) is 0 Å². The molecule has 0 radical (unpaired) electrons. The second-order valence-electron chi connectivity index (χ2n) is 3.76. The predicted molar refractivity (Wildman–Crippen MR) is 58.4 cm³/mol. The molecule has 0 aromatic carbocycles. The second-order valence-corrected chi connectivity index (χ2v) is 3.76. The van der Waals surface area contributed by atoms with E-state index in [-0.39, 0.29) is 6.61 Å². The van der Waals surface area contributed by atoms with Crippen LogP contribution in [-0.2, 0) is 4.74 Å². The fourth-order valence-corrected chi connectivity index (χ4v) is 1.14. The van der Waals surface area contributed by atoms with E-state index in [1.165, 1.54) is 11.1 Å². The molecule has 15 heavy (non-hydrogen) atoms. The Morgan fingerprint density at radius 2 is 1.87 bits per heavy atom. The van der Waals surface area contributed by atoms with Gasteiger partial charge in [0.15, 0.2) is 0 Å². The third-order valence-corrected chi connectivity index (χ3v) is 1.92. The molecule has 86 valence electrons. The van der Waals surface area contributed by atoms with Gasteiger partial charge in [0.05, 0.1) is 0 Å². The van der Waals surface area contributed by atoms with E-state index < -0.39 is 6.16 Å². The van der Waals surface area contributed by atoms with Crippen molar-refractivity contribution in [2.24, 2.45) is 0 Å². The van der Waals surface area contributed by atoms with Crippen molar-refractivity contribution in [3.05, 3.63) is 23.3 Å². The summed E-state index contributed by atoms with van der Waals surface area (Å²) in [4.78, 5) is 9.93. The number of hydrogen-bond donors (Lipinski definition) is 0. The van der Waals surface area contributed by atoms with Crippen LogP contribution in [0, 0.1) is 0 Å². The van der Waals surface area contributed by atoms with Gasteiger partial charge in [-0.25, -0.2) is 0 Å². The first-order valence-electron chi connectivity index (χ1n) is 5.15. The van der Waals surface area contributed by atoms with Crippen molar-refractivity contribution < 1.29 is 14.6 Å². The van der Waals surface area contributed by atoms with Gasteiger partial charge in [0.2, 0.25) is 0 Å². The van der Waals surface area contributed by atoms with Gasteiger partial charge in [-0.1, -0.05) is 23.3 Å². The largest absolute Gasteiger partial charge is 0.549 e. The zero-order valence-corrected chi connectivity index (χ0v) is 9.71. The number of ether oxygens (including phenoxy) is 1. The molecule has 0 saturated carbocycles. The van der Waals surface area contributed by atoms with Crippen LogP contribution in [0.5, 0.6) is 0 Å². The standard InChI is InChI=1S/C12H20O3/c1-10(2)6-4-7-11(3)8-5-9-15-12(13)14/h6,8H,4-5,7,9H2,1-3H3,(H,13,14)/p-1/b11-8+. The summed E-state index contributed by atoms with van der Waals surface area (Å²) in [5.74, 6) is 0. The lowest BCUT2D eigenvalue weighted by atomic mass is 10.1. The Kier molecular flexibility index (Phi) is 7.42. The van der Waals surface area contributed by atoms with E-state index in [1.54, 1.807) is 0 Å². The van der Waals surface area contributed by atoms with E-state index in [1.807, 2.05) is 13.0 Å². The van der Waals surface area contributed by atoms with Gasteiger partial charge in [-0.15, -0.1) is 0 Å². The summed E-state index contributed by atoms with van der Waals surface area (Å²) in [5, 5.41) is 9.93. The molecule has 0 fully saturated rings. The van der Waals surface area contributed by atoms with Gasteiger partial charge >= 0.3 is 0 Å². The average Bonchev–Trinajstić information content (AvgIpc) is 2.11. The monoisotopic (exact) mass is 211 g/mol. The van der Waals surface area contributed by atoms with Crippen molar-refractivity contribution in [3.63, 3.8) is 0 Å². The van der Waals surface area contributed by atoms with Gasteiger partial charge in [-0.05, 0) is 40.0 Å². The number of carboxylic acid groups (broad SMARTS) is 1. The van der Waals surface area contributed by atoms with Gasteiger partial charge in [0.25, 0.3) is 6.16 Å². The van der Waals surface area contributed by atoms with Crippen LogP contribution >= 0.6 is 0 Å². The normalized spacial score (nSPS) is 11.0. The van der Waals surface area contributed by atoms with E-state index in [0.29, 0.717) is 6.42 Å². The number of carbonyl (C=O) groups is 1. The van der Waals surface area contributed by atoms with E-state index in [9.17, 15) is 9.90 Å². The van der Waals surface area contributed by atoms with Crippen molar-refractivity contribution in [2.75, 3.05) is 6.61 Å². The topological polar surface area (TPSA) is 49.4 Å². The Morgan fingerprint density at radius 3 is 2.40 bits per heavy atom. The fourth-order valence-electron chi connectivity index (χ4n) is 1.14. The first-order chi connectivity index (χ1) is 7.02. The zero-order valence-electron chi connectivity index (χ0n) is 9.71. The van der Waals surface area contributed by atoms with Gasteiger partial charge < -0.3 is 14.6 Å². The molecule has 0 unspecified atom stereocenters. The summed E-state index contributed by atoms with van der Waals surface area (Å²) < 4.78 is 4.28. The van der Waals surface area contributed by atoms with Crippen LogP contribution in [0.2, 0.25) is 0 Å². The molecule has 0 N–H and O–H groups in total. The van der Waals surface area contributed by atoms with Crippen molar-refractivity contribution in [2.45, 2.75) is 40.0 Å². The molecule has 0 aliphatic heterocycles. The fraction of sp³-hybridized carbons (Fsp3) is 0.583. The summed E-state index contributed by atoms with van der Waals surface area (Å²) >= 11 is 0. The minimum absolute atomic E-state index is 0.183. The lowest BCUT2D eigenvalue weighted by Crippen LogP contribution is -2.23. The van der Waals surface area contributed by atoms with Gasteiger partial charge in [0.1, 0.15) is 0 Å². The van der Waals surface area contributed by atoms with Crippen LogP contribution in [-0.4, -0.2) is 12.8 Å². The maximum atomic E-state index is 9.93. The molecule has 0 bridgehead atoms. The molecule has 0 aliphatic rings. The molecule has 0 spiro atoms. The highest BCUT2D eigenvalue weighted by Crippen LogP contribution is 2.07. The number of hydrogen-bond acceptors (Lipinski definition) is 3. The van der Waals surface area contributed by atoms with E-state index >= 15 is 0 Å². The highest BCUT2D eigenvalue weighted by Gasteiger charge is 1.89. The molecule has 0 aliphatic carbocycles. The summed E-state index contributed by atoms with van der Waals surface area (Å²) in [6.45, 7) is 6.37. The number of carbonyl (C=O) groups excluding carboxylic acids is 1. The van der Waals surface area contributed by atoms with E-state index in [2.05, 4.69) is 24.7 Å². The van der Waals surface area contributed by atoms with Crippen LogP contribution in [0.1, 0.15) is 40.0 Å². The number of allylic oxidation sites excluding steroid dienone is 3. The van der Waals surface area contributed by atoms with E-state index in [0.717, 1.165) is 12.8 Å². The minimum Gasteiger partial charge on any atom is -0.549 e. The molecule has 0 aromatic heterocycles. The predicted octanol–water partition coefficient (Wildman–Crippen LogP) is 2.43. The van der Waals surface area contributed by atoms with Crippen molar-refractivity contribution >= 4 is 6.16 Å². The highest BCUT2D eigenvalue weighted by molar-refractivity contribution is 5.53. The maximum absolute atomic E-state index is 9.93. The SMILES string of the molecule is CC(C)=CCC/C(C)=C/CCOC(=O)[O-]. The maximum Gasteiger partial charge on any atom is 0.251 e. The second kappa shape index (κ2) is 8.09. The number of rotatable bonds is 6. The molecule has 3 nitrogen and oxygen atoms in total. The van der Waals surface area contributed by atoms with Crippen LogP contribution in [0.4, 0.5) is 4.79 Å². The van der Waals surface area contributed by atoms with Crippen LogP contribution < -0.4 is 5.11 Å². The molecular formula is C12H19O3-. The van der Waals surface area contributed by atoms with Crippen LogP contribution in [0.15, 0.2) is 23.3 Å². The summed E-state index contributed by atoms with van der Waals surface area (Å²) in [6, 6.07) is 0. The Bertz CT molecular complexity index is 248. The third-order valence-electron chi connectivity index (χ3n) is 1.92. The molecule has 0 amide bonds. The smallest absolute Gasteiger partial charge is 0.251 e. The Morgan fingerprint density at radius 1 is 1.20 bits per heavy atom. The Labute approximate surface area is 91.4 Å². The molecule has 0 heterocycles. The molecule has 0 atom stereocenters. The molecule has 0 aromatic rings. The third kappa shape index (κ3) is 10.7. The van der Waals surface area contributed by atoms with Gasteiger partial charge in [-0.2, -0.15) is 0 Å². The van der Waals surface area contributed by atoms with Crippen molar-refractivity contribution in [1.29, 1.82) is 0 Å². The lowest BCUT2D eigenvalue weighted by Gasteiger charge is -2.05. The van der Waals surface area contributed by atoms with Gasteiger partial charge in [0, 0.05) is 6.61 Å². The minimum atomic E-state index is -1.45. The summed E-state index contributed by atoms with van der Waals surface area (Å²) in [5.41, 5.74) is 2.58. The average molecular weight is 211 g/mol. The first kappa shape index (κ1) is 13.8. The molecule has 3 heteroatoms. The molecular weight excluding hydrogens is 192 g/mol. The molecule has 0 saturated heterocycles. The van der Waals surface area contributed by atoms with Crippen LogP contribution in [0.25, 0.3) is 0 Å². The summed E-state index contributed by atoms with van der Waals surface area (Å²) in [6.07, 6.45) is 5.40. The lowest BCUT2D eigenvalue weighted by molar-refractivity contribution is -0.282. The zero-order chi connectivity index (χ0) is 11.7. The van der Waals surface area contributed by atoms with Crippen molar-refractivity contribution in [3.8, 4) is 0 Å². The first-order valence-corrected chi connectivity index (χ1v) is 5.15. The quantitative estimate of drug-likeness (QED) is 0.385.